The summed E-state index contributed by atoms with van der Waals surface area (Å²) in [6, 6.07) is 11.6. The molecule has 0 spiro atoms. The highest BCUT2D eigenvalue weighted by atomic mass is 19.1. The van der Waals surface area contributed by atoms with Gasteiger partial charge in [-0.3, -0.25) is 4.98 Å². The topological polar surface area (TPSA) is 45.5 Å². The largest absolute Gasteiger partial charge is 0.410 e. The minimum atomic E-state index is -0.515. The molecule has 16 heavy (non-hydrogen) atoms. The van der Waals surface area contributed by atoms with Crippen molar-refractivity contribution in [2.75, 3.05) is 0 Å². The molecule has 0 bridgehead atoms. The molecule has 0 unspecified atom stereocenters. The second kappa shape index (κ2) is 4.53. The maximum atomic E-state index is 13.5. The predicted molar refractivity (Wildman–Crippen MR) is 58.1 cm³/mol. The summed E-state index contributed by atoms with van der Waals surface area (Å²) in [4.78, 5) is 3.86. The Bertz CT molecular complexity index is 511. The van der Waals surface area contributed by atoms with Crippen molar-refractivity contribution >= 4 is 5.71 Å². The first-order valence-corrected chi connectivity index (χ1v) is 4.71. The third-order valence-electron chi connectivity index (χ3n) is 2.13. The standard InChI is InChI=1S/C12H9FN2O/c13-10-7-4-8-14-12(10)11(15-16)9-5-2-1-3-6-9/h1-8,16H/b15-11-. The van der Waals surface area contributed by atoms with Crippen molar-refractivity contribution in [2.24, 2.45) is 5.16 Å². The molecule has 1 aromatic heterocycles. The summed E-state index contributed by atoms with van der Waals surface area (Å²) in [5.74, 6) is -0.515. The Morgan fingerprint density at radius 1 is 1.12 bits per heavy atom. The monoisotopic (exact) mass is 216 g/mol. The molecule has 1 aromatic carbocycles. The smallest absolute Gasteiger partial charge is 0.151 e. The highest BCUT2D eigenvalue weighted by Crippen LogP contribution is 2.11. The lowest BCUT2D eigenvalue weighted by molar-refractivity contribution is 0.319. The molecule has 1 heterocycles. The lowest BCUT2D eigenvalue weighted by Crippen LogP contribution is -2.08. The lowest BCUT2D eigenvalue weighted by Gasteiger charge is -2.04. The van der Waals surface area contributed by atoms with Gasteiger partial charge in [-0.15, -0.1) is 0 Å². The number of benzene rings is 1. The molecule has 0 atom stereocenters. The van der Waals surface area contributed by atoms with Crippen molar-refractivity contribution in [1.82, 2.24) is 4.98 Å². The number of hydrogen-bond donors (Lipinski definition) is 1. The van der Waals surface area contributed by atoms with Crippen LogP contribution in [0.25, 0.3) is 0 Å². The summed E-state index contributed by atoms with van der Waals surface area (Å²) in [5, 5.41) is 12.0. The molecule has 0 radical (unpaired) electrons. The van der Waals surface area contributed by atoms with Crippen LogP contribution in [0.2, 0.25) is 0 Å². The van der Waals surface area contributed by atoms with E-state index in [0.29, 0.717) is 5.56 Å². The fraction of sp³-hybridized carbons (Fsp3) is 0. The van der Waals surface area contributed by atoms with Gasteiger partial charge in [0.2, 0.25) is 0 Å². The zero-order valence-corrected chi connectivity index (χ0v) is 8.34. The molecular weight excluding hydrogens is 207 g/mol. The van der Waals surface area contributed by atoms with Crippen LogP contribution in [0.3, 0.4) is 0 Å². The number of rotatable bonds is 2. The van der Waals surface area contributed by atoms with Crippen molar-refractivity contribution in [3.63, 3.8) is 0 Å². The molecule has 0 aliphatic rings. The van der Waals surface area contributed by atoms with E-state index >= 15 is 0 Å². The van der Waals surface area contributed by atoms with E-state index in [-0.39, 0.29) is 11.4 Å². The molecule has 2 rings (SSSR count). The molecule has 0 aliphatic carbocycles. The fourth-order valence-corrected chi connectivity index (χ4v) is 1.40. The quantitative estimate of drug-likeness (QED) is 0.476. The highest BCUT2D eigenvalue weighted by molar-refractivity contribution is 6.11. The third-order valence-corrected chi connectivity index (χ3v) is 2.13. The van der Waals surface area contributed by atoms with Crippen LogP contribution < -0.4 is 0 Å². The van der Waals surface area contributed by atoms with Crippen LogP contribution >= 0.6 is 0 Å². The average Bonchev–Trinajstić information content (AvgIpc) is 2.34. The van der Waals surface area contributed by atoms with E-state index in [1.165, 1.54) is 18.3 Å². The van der Waals surface area contributed by atoms with Crippen LogP contribution in [0.4, 0.5) is 4.39 Å². The zero-order valence-electron chi connectivity index (χ0n) is 8.34. The summed E-state index contributed by atoms with van der Waals surface area (Å²) in [6.45, 7) is 0. The zero-order chi connectivity index (χ0) is 11.4. The lowest BCUT2D eigenvalue weighted by atomic mass is 10.1. The first-order chi connectivity index (χ1) is 7.83. The first kappa shape index (κ1) is 10.3. The van der Waals surface area contributed by atoms with Crippen LogP contribution in [-0.4, -0.2) is 15.9 Å². The molecule has 0 aliphatic heterocycles. The Balaban J connectivity index is 2.51. The Hall–Kier alpha value is -2.23. The fourth-order valence-electron chi connectivity index (χ4n) is 1.40. The van der Waals surface area contributed by atoms with E-state index < -0.39 is 5.82 Å². The SMILES string of the molecule is O/N=C(/c1ccccc1)c1ncccc1F. The summed E-state index contributed by atoms with van der Waals surface area (Å²) in [6.07, 6.45) is 1.45. The molecule has 0 amide bonds. The Labute approximate surface area is 91.9 Å². The number of halogens is 1. The molecule has 1 N–H and O–H groups in total. The van der Waals surface area contributed by atoms with Gasteiger partial charge < -0.3 is 5.21 Å². The van der Waals surface area contributed by atoms with E-state index in [1.807, 2.05) is 6.07 Å². The maximum absolute atomic E-state index is 13.5. The molecule has 0 fully saturated rings. The number of nitrogens with zero attached hydrogens (tertiary/aromatic N) is 2. The molecule has 3 nitrogen and oxygen atoms in total. The van der Waals surface area contributed by atoms with Crippen molar-refractivity contribution in [2.45, 2.75) is 0 Å². The number of pyridine rings is 1. The van der Waals surface area contributed by atoms with Gasteiger partial charge in [-0.2, -0.15) is 0 Å². The second-order valence-corrected chi connectivity index (χ2v) is 3.15. The minimum absolute atomic E-state index is 0.0381. The van der Waals surface area contributed by atoms with Gasteiger partial charge >= 0.3 is 0 Å². The van der Waals surface area contributed by atoms with E-state index in [4.69, 9.17) is 5.21 Å². The third kappa shape index (κ3) is 1.91. The molecule has 4 heteroatoms. The predicted octanol–water partition coefficient (Wildman–Crippen LogP) is 2.45. The van der Waals surface area contributed by atoms with Crippen molar-refractivity contribution in [3.8, 4) is 0 Å². The summed E-state index contributed by atoms with van der Waals surface area (Å²) in [5.41, 5.74) is 0.775. The van der Waals surface area contributed by atoms with Crippen molar-refractivity contribution in [1.29, 1.82) is 0 Å². The summed E-state index contributed by atoms with van der Waals surface area (Å²) in [7, 11) is 0. The van der Waals surface area contributed by atoms with Gasteiger partial charge in [-0.25, -0.2) is 4.39 Å². The van der Waals surface area contributed by atoms with Gasteiger partial charge in [-0.05, 0) is 12.1 Å². The van der Waals surface area contributed by atoms with Gasteiger partial charge in [0, 0.05) is 11.8 Å². The van der Waals surface area contributed by atoms with Gasteiger partial charge in [0.25, 0.3) is 0 Å². The Morgan fingerprint density at radius 2 is 1.88 bits per heavy atom. The van der Waals surface area contributed by atoms with Gasteiger partial charge in [-0.1, -0.05) is 35.5 Å². The molecule has 80 valence electrons. The van der Waals surface area contributed by atoms with E-state index in [2.05, 4.69) is 10.1 Å². The normalized spacial score (nSPS) is 11.4. The summed E-state index contributed by atoms with van der Waals surface area (Å²) < 4.78 is 13.5. The van der Waals surface area contributed by atoms with Crippen molar-refractivity contribution in [3.05, 3.63) is 65.7 Å². The number of hydrogen-bond acceptors (Lipinski definition) is 3. The van der Waals surface area contributed by atoms with E-state index in [1.54, 1.807) is 24.3 Å². The maximum Gasteiger partial charge on any atom is 0.151 e. The minimum Gasteiger partial charge on any atom is -0.410 e. The number of aromatic nitrogens is 1. The van der Waals surface area contributed by atoms with Crippen molar-refractivity contribution < 1.29 is 9.60 Å². The van der Waals surface area contributed by atoms with Gasteiger partial charge in [0.15, 0.2) is 5.82 Å². The molecule has 0 saturated carbocycles. The van der Waals surface area contributed by atoms with E-state index in [0.717, 1.165) is 0 Å². The first-order valence-electron chi connectivity index (χ1n) is 4.71. The molecular formula is C12H9FN2O. The second-order valence-electron chi connectivity index (χ2n) is 3.15. The Morgan fingerprint density at radius 3 is 2.50 bits per heavy atom. The van der Waals surface area contributed by atoms with Gasteiger partial charge in [0.05, 0.1) is 0 Å². The Kier molecular flexibility index (Phi) is 2.91. The average molecular weight is 216 g/mol. The van der Waals surface area contributed by atoms with Crippen LogP contribution in [0.1, 0.15) is 11.3 Å². The molecule has 0 saturated heterocycles. The van der Waals surface area contributed by atoms with Crippen LogP contribution in [-0.2, 0) is 0 Å². The van der Waals surface area contributed by atoms with Gasteiger partial charge in [0.1, 0.15) is 11.4 Å². The summed E-state index contributed by atoms with van der Waals surface area (Å²) >= 11 is 0. The highest BCUT2D eigenvalue weighted by Gasteiger charge is 2.13. The van der Waals surface area contributed by atoms with E-state index in [9.17, 15) is 4.39 Å². The van der Waals surface area contributed by atoms with Crippen LogP contribution in [0.5, 0.6) is 0 Å². The molecule has 2 aromatic rings. The number of oxime groups is 1. The van der Waals surface area contributed by atoms with Crippen LogP contribution in [0, 0.1) is 5.82 Å². The van der Waals surface area contributed by atoms with Crippen LogP contribution in [0.15, 0.2) is 53.8 Å².